The molecule has 0 spiro atoms. The summed E-state index contributed by atoms with van der Waals surface area (Å²) in [7, 11) is 2.24. The summed E-state index contributed by atoms with van der Waals surface area (Å²) in [4.78, 5) is 2.47. The van der Waals surface area contributed by atoms with Gasteiger partial charge in [0.05, 0.1) is 0 Å². The summed E-state index contributed by atoms with van der Waals surface area (Å²) in [6.07, 6.45) is 9.68. The van der Waals surface area contributed by atoms with Crippen LogP contribution in [0.4, 0.5) is 0 Å². The number of hydrogen-bond donors (Lipinski definition) is 1. The van der Waals surface area contributed by atoms with Crippen LogP contribution in [0.3, 0.4) is 0 Å². The Kier molecular flexibility index (Phi) is 4.04. The largest absolute Gasteiger partial charge is 0.327 e. The van der Waals surface area contributed by atoms with Gasteiger partial charge < -0.3 is 10.6 Å². The molecule has 1 aliphatic carbocycles. The number of hydrogen-bond acceptors (Lipinski definition) is 2. The lowest BCUT2D eigenvalue weighted by Gasteiger charge is -2.32. The Morgan fingerprint density at radius 1 is 1.20 bits per heavy atom. The second kappa shape index (κ2) is 5.31. The van der Waals surface area contributed by atoms with Gasteiger partial charge in [0, 0.05) is 12.6 Å². The van der Waals surface area contributed by atoms with Crippen LogP contribution in [0.1, 0.15) is 44.9 Å². The molecule has 2 fully saturated rings. The zero-order chi connectivity index (χ0) is 10.7. The Labute approximate surface area is 94.2 Å². The molecule has 0 aromatic rings. The standard InChI is InChI=1S/C13H26N2/c1-15-8-4-5-11(10-15)9-13(14)12-6-2-3-7-12/h11-13H,2-10,14H2,1H3. The van der Waals surface area contributed by atoms with Gasteiger partial charge in [0.25, 0.3) is 0 Å². The van der Waals surface area contributed by atoms with Crippen LogP contribution in [0.5, 0.6) is 0 Å². The van der Waals surface area contributed by atoms with Crippen molar-refractivity contribution in [3.63, 3.8) is 0 Å². The van der Waals surface area contributed by atoms with Crippen LogP contribution in [0.2, 0.25) is 0 Å². The molecule has 2 nitrogen and oxygen atoms in total. The molecule has 0 aromatic heterocycles. The highest BCUT2D eigenvalue weighted by atomic mass is 15.1. The molecule has 1 saturated heterocycles. The number of piperidine rings is 1. The number of likely N-dealkylation sites (tertiary alicyclic amines) is 1. The summed E-state index contributed by atoms with van der Waals surface area (Å²) < 4.78 is 0. The van der Waals surface area contributed by atoms with Gasteiger partial charge >= 0.3 is 0 Å². The van der Waals surface area contributed by atoms with E-state index >= 15 is 0 Å². The quantitative estimate of drug-likeness (QED) is 0.774. The first kappa shape index (κ1) is 11.4. The molecule has 88 valence electrons. The van der Waals surface area contributed by atoms with Gasteiger partial charge in [0.1, 0.15) is 0 Å². The molecule has 2 unspecified atom stereocenters. The lowest BCUT2D eigenvalue weighted by atomic mass is 9.86. The van der Waals surface area contributed by atoms with Crippen LogP contribution >= 0.6 is 0 Å². The average Bonchev–Trinajstić information content (AvgIpc) is 2.70. The molecule has 2 rings (SSSR count). The third-order valence-corrected chi connectivity index (χ3v) is 4.33. The van der Waals surface area contributed by atoms with Crippen molar-refractivity contribution in [2.24, 2.45) is 17.6 Å². The van der Waals surface area contributed by atoms with Crippen LogP contribution in [0.15, 0.2) is 0 Å². The van der Waals surface area contributed by atoms with E-state index in [2.05, 4.69) is 11.9 Å². The molecule has 0 radical (unpaired) electrons. The van der Waals surface area contributed by atoms with E-state index in [-0.39, 0.29) is 0 Å². The molecular formula is C13H26N2. The van der Waals surface area contributed by atoms with Gasteiger partial charge in [0.15, 0.2) is 0 Å². The third-order valence-electron chi connectivity index (χ3n) is 4.33. The molecule has 0 amide bonds. The molecule has 1 saturated carbocycles. The summed E-state index contributed by atoms with van der Waals surface area (Å²) in [6, 6.07) is 0.490. The van der Waals surface area contributed by atoms with Crippen LogP contribution in [-0.2, 0) is 0 Å². The smallest absolute Gasteiger partial charge is 0.00702 e. The van der Waals surface area contributed by atoms with Crippen molar-refractivity contribution in [1.82, 2.24) is 4.90 Å². The van der Waals surface area contributed by atoms with E-state index in [0.29, 0.717) is 6.04 Å². The highest BCUT2D eigenvalue weighted by Crippen LogP contribution is 2.30. The van der Waals surface area contributed by atoms with Crippen molar-refractivity contribution in [3.05, 3.63) is 0 Å². The monoisotopic (exact) mass is 210 g/mol. The van der Waals surface area contributed by atoms with Crippen molar-refractivity contribution >= 4 is 0 Å². The lowest BCUT2D eigenvalue weighted by Crippen LogP contribution is -2.37. The van der Waals surface area contributed by atoms with Gasteiger partial charge in [-0.2, -0.15) is 0 Å². The van der Waals surface area contributed by atoms with Crippen molar-refractivity contribution in [2.75, 3.05) is 20.1 Å². The maximum absolute atomic E-state index is 6.34. The van der Waals surface area contributed by atoms with E-state index in [9.17, 15) is 0 Å². The van der Waals surface area contributed by atoms with Gasteiger partial charge in [-0.25, -0.2) is 0 Å². The summed E-state index contributed by atoms with van der Waals surface area (Å²) in [6.45, 7) is 2.57. The Morgan fingerprint density at radius 2 is 1.93 bits per heavy atom. The Balaban J connectivity index is 1.74. The van der Waals surface area contributed by atoms with Gasteiger partial charge in [-0.3, -0.25) is 0 Å². The van der Waals surface area contributed by atoms with Crippen LogP contribution < -0.4 is 5.73 Å². The van der Waals surface area contributed by atoms with Gasteiger partial charge in [-0.1, -0.05) is 12.8 Å². The SMILES string of the molecule is CN1CCCC(CC(N)C2CCCC2)C1. The van der Waals surface area contributed by atoms with E-state index in [1.165, 1.54) is 58.0 Å². The number of nitrogens with zero attached hydrogens (tertiary/aromatic N) is 1. The third kappa shape index (κ3) is 3.18. The Bertz CT molecular complexity index is 187. The number of nitrogens with two attached hydrogens (primary N) is 1. The molecule has 2 heteroatoms. The highest BCUT2D eigenvalue weighted by Gasteiger charge is 2.26. The molecule has 2 atom stereocenters. The molecule has 0 aromatic carbocycles. The van der Waals surface area contributed by atoms with Gasteiger partial charge in [-0.15, -0.1) is 0 Å². The molecule has 0 bridgehead atoms. The fourth-order valence-electron chi connectivity index (χ4n) is 3.43. The predicted octanol–water partition coefficient (Wildman–Crippen LogP) is 2.24. The first-order chi connectivity index (χ1) is 7.25. The molecule has 1 aliphatic heterocycles. The zero-order valence-corrected chi connectivity index (χ0v) is 10.1. The fourth-order valence-corrected chi connectivity index (χ4v) is 3.43. The molecular weight excluding hydrogens is 184 g/mol. The second-order valence-electron chi connectivity index (χ2n) is 5.71. The van der Waals surface area contributed by atoms with Crippen molar-refractivity contribution in [2.45, 2.75) is 51.0 Å². The van der Waals surface area contributed by atoms with E-state index < -0.39 is 0 Å². The minimum Gasteiger partial charge on any atom is -0.327 e. The summed E-state index contributed by atoms with van der Waals surface area (Å²) >= 11 is 0. The Morgan fingerprint density at radius 3 is 2.60 bits per heavy atom. The molecule has 1 heterocycles. The van der Waals surface area contributed by atoms with Gasteiger partial charge in [0.2, 0.25) is 0 Å². The minimum absolute atomic E-state index is 0.490. The van der Waals surface area contributed by atoms with Crippen LogP contribution in [0, 0.1) is 11.8 Å². The zero-order valence-electron chi connectivity index (χ0n) is 10.1. The van der Waals surface area contributed by atoms with Crippen molar-refractivity contribution in [1.29, 1.82) is 0 Å². The first-order valence-electron chi connectivity index (χ1n) is 6.70. The number of rotatable bonds is 3. The minimum atomic E-state index is 0.490. The van der Waals surface area contributed by atoms with Gasteiger partial charge in [-0.05, 0) is 57.5 Å². The van der Waals surface area contributed by atoms with Crippen LogP contribution in [0.25, 0.3) is 0 Å². The lowest BCUT2D eigenvalue weighted by molar-refractivity contribution is 0.185. The average molecular weight is 210 g/mol. The fraction of sp³-hybridized carbons (Fsp3) is 1.00. The highest BCUT2D eigenvalue weighted by molar-refractivity contribution is 4.82. The topological polar surface area (TPSA) is 29.3 Å². The Hall–Kier alpha value is -0.0800. The molecule has 2 aliphatic rings. The van der Waals surface area contributed by atoms with Crippen LogP contribution in [-0.4, -0.2) is 31.1 Å². The summed E-state index contributed by atoms with van der Waals surface area (Å²) in [5.74, 6) is 1.72. The van der Waals surface area contributed by atoms with E-state index in [4.69, 9.17) is 5.73 Å². The van der Waals surface area contributed by atoms with Crippen molar-refractivity contribution < 1.29 is 0 Å². The van der Waals surface area contributed by atoms with E-state index in [0.717, 1.165) is 11.8 Å². The maximum atomic E-state index is 6.34. The van der Waals surface area contributed by atoms with E-state index in [1.54, 1.807) is 0 Å². The van der Waals surface area contributed by atoms with Crippen molar-refractivity contribution in [3.8, 4) is 0 Å². The second-order valence-corrected chi connectivity index (χ2v) is 5.71. The van der Waals surface area contributed by atoms with E-state index in [1.807, 2.05) is 0 Å². The predicted molar refractivity (Wildman–Crippen MR) is 64.8 cm³/mol. The molecule has 2 N–H and O–H groups in total. The summed E-state index contributed by atoms with van der Waals surface area (Å²) in [5, 5.41) is 0. The summed E-state index contributed by atoms with van der Waals surface area (Å²) in [5.41, 5.74) is 6.34. The first-order valence-corrected chi connectivity index (χ1v) is 6.70. The normalized spacial score (nSPS) is 32.0. The molecule has 15 heavy (non-hydrogen) atoms. The maximum Gasteiger partial charge on any atom is 0.00702 e.